The molecule has 0 aliphatic heterocycles. The first kappa shape index (κ1) is 19.4. The van der Waals surface area contributed by atoms with E-state index in [4.69, 9.17) is 0 Å². The summed E-state index contributed by atoms with van der Waals surface area (Å²) in [5.41, 5.74) is -1.51. The van der Waals surface area contributed by atoms with Crippen LogP contribution in [0.5, 0.6) is 0 Å². The molecule has 1 aliphatic rings. The molecular formula is C20H14F4N2O2S. The molecular weight excluding hydrogens is 408 g/mol. The second-order valence-corrected chi connectivity index (χ2v) is 7.82. The van der Waals surface area contributed by atoms with E-state index in [0.29, 0.717) is 4.70 Å². The molecule has 29 heavy (non-hydrogen) atoms. The summed E-state index contributed by atoms with van der Waals surface area (Å²) in [5, 5.41) is 4.94. The van der Waals surface area contributed by atoms with Crippen LogP contribution in [-0.2, 0) is 11.0 Å². The van der Waals surface area contributed by atoms with Crippen molar-refractivity contribution >= 4 is 44.6 Å². The van der Waals surface area contributed by atoms with E-state index in [9.17, 15) is 27.2 Å². The van der Waals surface area contributed by atoms with Gasteiger partial charge in [0.2, 0.25) is 5.91 Å². The van der Waals surface area contributed by atoms with Crippen molar-refractivity contribution in [2.45, 2.75) is 19.0 Å². The Bertz CT molecular complexity index is 1120. The van der Waals surface area contributed by atoms with Gasteiger partial charge in [-0.25, -0.2) is 4.39 Å². The third-order valence-corrected chi connectivity index (χ3v) is 5.62. The largest absolute Gasteiger partial charge is 0.418 e. The van der Waals surface area contributed by atoms with Crippen LogP contribution in [0.15, 0.2) is 42.5 Å². The maximum absolute atomic E-state index is 13.8. The summed E-state index contributed by atoms with van der Waals surface area (Å²) >= 11 is 0.984. The molecule has 0 spiro atoms. The van der Waals surface area contributed by atoms with E-state index in [1.54, 1.807) is 6.07 Å². The van der Waals surface area contributed by atoms with Crippen LogP contribution in [0.2, 0.25) is 0 Å². The number of thiophene rings is 1. The molecule has 1 heterocycles. The maximum Gasteiger partial charge on any atom is 0.418 e. The molecule has 0 radical (unpaired) electrons. The molecule has 4 nitrogen and oxygen atoms in total. The highest BCUT2D eigenvalue weighted by atomic mass is 32.1. The quantitative estimate of drug-likeness (QED) is 0.533. The molecule has 0 unspecified atom stereocenters. The van der Waals surface area contributed by atoms with Crippen molar-refractivity contribution in [2.75, 3.05) is 10.6 Å². The fourth-order valence-electron chi connectivity index (χ4n) is 2.88. The van der Waals surface area contributed by atoms with E-state index in [-0.39, 0.29) is 27.8 Å². The zero-order valence-corrected chi connectivity index (χ0v) is 15.6. The number of amides is 2. The monoisotopic (exact) mass is 422 g/mol. The summed E-state index contributed by atoms with van der Waals surface area (Å²) in [7, 11) is 0. The number of benzene rings is 2. The van der Waals surface area contributed by atoms with Crippen LogP contribution in [0, 0.1) is 11.7 Å². The van der Waals surface area contributed by atoms with Crippen molar-refractivity contribution in [3.8, 4) is 0 Å². The highest BCUT2D eigenvalue weighted by Crippen LogP contribution is 2.38. The van der Waals surface area contributed by atoms with Crippen LogP contribution in [0.4, 0.5) is 28.9 Å². The number of halogens is 4. The van der Waals surface area contributed by atoms with Gasteiger partial charge in [-0.2, -0.15) is 13.2 Å². The highest BCUT2D eigenvalue weighted by Gasteiger charge is 2.35. The highest BCUT2D eigenvalue weighted by molar-refractivity contribution is 7.20. The zero-order valence-electron chi connectivity index (χ0n) is 14.8. The van der Waals surface area contributed by atoms with Gasteiger partial charge in [-0.05, 0) is 49.2 Å². The smallest absolute Gasteiger partial charge is 0.326 e. The van der Waals surface area contributed by atoms with Crippen molar-refractivity contribution in [2.24, 2.45) is 5.92 Å². The molecule has 0 saturated heterocycles. The van der Waals surface area contributed by atoms with Crippen LogP contribution < -0.4 is 10.6 Å². The third kappa shape index (κ3) is 4.09. The van der Waals surface area contributed by atoms with E-state index in [2.05, 4.69) is 10.6 Å². The number of carbonyl (C=O) groups excluding carboxylic acids is 2. The van der Waals surface area contributed by atoms with E-state index in [0.717, 1.165) is 36.3 Å². The third-order valence-electron chi connectivity index (χ3n) is 4.52. The second kappa shape index (κ2) is 7.14. The lowest BCUT2D eigenvalue weighted by Crippen LogP contribution is -2.18. The number of hydrogen-bond acceptors (Lipinski definition) is 3. The van der Waals surface area contributed by atoms with Gasteiger partial charge in [0.05, 0.1) is 16.1 Å². The Morgan fingerprint density at radius 2 is 1.79 bits per heavy atom. The SMILES string of the molecule is O=C(Nc1ccc(NC(=O)C2CC2)cc1C(F)(F)F)c1cc2c(F)cccc2s1. The molecule has 150 valence electrons. The van der Waals surface area contributed by atoms with Gasteiger partial charge >= 0.3 is 6.18 Å². The zero-order chi connectivity index (χ0) is 20.8. The average molecular weight is 422 g/mol. The number of carbonyl (C=O) groups is 2. The fourth-order valence-corrected chi connectivity index (χ4v) is 3.85. The number of hydrogen-bond donors (Lipinski definition) is 2. The summed E-state index contributed by atoms with van der Waals surface area (Å²) in [6.07, 6.45) is -3.29. The summed E-state index contributed by atoms with van der Waals surface area (Å²) in [6.45, 7) is 0. The second-order valence-electron chi connectivity index (χ2n) is 6.74. The molecule has 4 rings (SSSR count). The normalized spacial score (nSPS) is 14.1. The first-order valence-electron chi connectivity index (χ1n) is 8.74. The van der Waals surface area contributed by atoms with Gasteiger partial charge in [0.1, 0.15) is 5.82 Å². The number of nitrogens with one attached hydrogen (secondary N) is 2. The van der Waals surface area contributed by atoms with Gasteiger partial charge in [-0.1, -0.05) is 6.07 Å². The molecule has 0 atom stereocenters. The van der Waals surface area contributed by atoms with Crippen molar-refractivity contribution in [3.05, 3.63) is 58.7 Å². The lowest BCUT2D eigenvalue weighted by atomic mass is 10.1. The summed E-state index contributed by atoms with van der Waals surface area (Å²) in [5.74, 6) is -1.75. The minimum absolute atomic E-state index is 0.0103. The van der Waals surface area contributed by atoms with E-state index in [1.165, 1.54) is 24.3 Å². The lowest BCUT2D eigenvalue weighted by Gasteiger charge is -2.15. The minimum atomic E-state index is -4.74. The Kier molecular flexibility index (Phi) is 4.77. The molecule has 1 fully saturated rings. The maximum atomic E-state index is 13.8. The molecule has 2 aromatic carbocycles. The van der Waals surface area contributed by atoms with Gasteiger partial charge in [0, 0.05) is 21.7 Å². The summed E-state index contributed by atoms with van der Waals surface area (Å²) in [6, 6.07) is 8.85. The van der Waals surface area contributed by atoms with Crippen molar-refractivity contribution in [3.63, 3.8) is 0 Å². The molecule has 1 aromatic heterocycles. The minimum Gasteiger partial charge on any atom is -0.326 e. The van der Waals surface area contributed by atoms with Crippen LogP contribution in [0.1, 0.15) is 28.1 Å². The van der Waals surface area contributed by atoms with Gasteiger partial charge in [0.15, 0.2) is 0 Å². The topological polar surface area (TPSA) is 58.2 Å². The molecule has 3 aromatic rings. The Morgan fingerprint density at radius 1 is 1.03 bits per heavy atom. The van der Waals surface area contributed by atoms with Crippen molar-refractivity contribution in [1.29, 1.82) is 0 Å². The number of rotatable bonds is 4. The molecule has 9 heteroatoms. The summed E-state index contributed by atoms with van der Waals surface area (Å²) < 4.78 is 54.8. The van der Waals surface area contributed by atoms with Crippen molar-refractivity contribution < 1.29 is 27.2 Å². The number of anilines is 2. The predicted molar refractivity (Wildman–Crippen MR) is 103 cm³/mol. The van der Waals surface area contributed by atoms with Gasteiger partial charge < -0.3 is 10.6 Å². The molecule has 2 amide bonds. The van der Waals surface area contributed by atoms with E-state index >= 15 is 0 Å². The summed E-state index contributed by atoms with van der Waals surface area (Å²) in [4.78, 5) is 24.4. The average Bonchev–Trinajstić information content (AvgIpc) is 3.41. The van der Waals surface area contributed by atoms with Gasteiger partial charge in [-0.3, -0.25) is 9.59 Å². The fraction of sp³-hybridized carbons (Fsp3) is 0.200. The van der Waals surface area contributed by atoms with E-state index in [1.807, 2.05) is 0 Å². The number of fused-ring (bicyclic) bond motifs is 1. The van der Waals surface area contributed by atoms with Crippen molar-refractivity contribution in [1.82, 2.24) is 0 Å². The van der Waals surface area contributed by atoms with E-state index < -0.39 is 29.2 Å². The number of alkyl halides is 3. The molecule has 1 aliphatic carbocycles. The standard InChI is InChI=1S/C20H14F4N2O2S/c21-14-2-1-3-16-12(14)9-17(29-16)19(28)26-15-7-6-11(8-13(15)20(22,23)24)25-18(27)10-4-5-10/h1-3,6-10H,4-5H2,(H,25,27)(H,26,28). The first-order valence-corrected chi connectivity index (χ1v) is 9.55. The lowest BCUT2D eigenvalue weighted by molar-refractivity contribution is -0.137. The Morgan fingerprint density at radius 3 is 2.45 bits per heavy atom. The predicted octanol–water partition coefficient (Wildman–Crippen LogP) is 5.66. The molecule has 2 N–H and O–H groups in total. The Balaban J connectivity index is 1.61. The molecule has 0 bridgehead atoms. The Hall–Kier alpha value is -2.94. The van der Waals surface area contributed by atoms with Crippen LogP contribution >= 0.6 is 11.3 Å². The van der Waals surface area contributed by atoms with Crippen LogP contribution in [-0.4, -0.2) is 11.8 Å². The molecule has 1 saturated carbocycles. The van der Waals surface area contributed by atoms with Crippen LogP contribution in [0.25, 0.3) is 10.1 Å². The van der Waals surface area contributed by atoms with Gasteiger partial charge in [0.25, 0.3) is 5.91 Å². The van der Waals surface area contributed by atoms with Gasteiger partial charge in [-0.15, -0.1) is 11.3 Å². The first-order chi connectivity index (χ1) is 13.7. The van der Waals surface area contributed by atoms with Crippen LogP contribution in [0.3, 0.4) is 0 Å². The Labute approximate surface area is 166 Å².